The summed E-state index contributed by atoms with van der Waals surface area (Å²) in [5, 5.41) is 9.66. The highest BCUT2D eigenvalue weighted by Crippen LogP contribution is 2.36. The number of hydrogen-bond donors (Lipinski definition) is 2. The molecule has 3 N–H and O–H groups in total. The zero-order chi connectivity index (χ0) is 13.9. The molecule has 0 aromatic heterocycles. The molecule has 0 saturated heterocycles. The van der Waals surface area contributed by atoms with E-state index in [-0.39, 0.29) is 6.54 Å². The quantitative estimate of drug-likeness (QED) is 0.831. The van der Waals surface area contributed by atoms with Gasteiger partial charge in [0.25, 0.3) is 0 Å². The van der Waals surface area contributed by atoms with Gasteiger partial charge in [-0.15, -0.1) is 0 Å². The number of aryl methyl sites for hydroxylation is 2. The molecular weight excluding hydrogens is 228 g/mol. The fourth-order valence-electron chi connectivity index (χ4n) is 2.24. The third-order valence-corrected chi connectivity index (χ3v) is 3.30. The van der Waals surface area contributed by atoms with Gasteiger partial charge in [-0.3, -0.25) is 0 Å². The molecule has 0 aliphatic carbocycles. The number of anilines is 1. The van der Waals surface area contributed by atoms with E-state index < -0.39 is 6.10 Å². The molecule has 1 unspecified atom stereocenters. The van der Waals surface area contributed by atoms with Gasteiger partial charge in [0.15, 0.2) is 0 Å². The Labute approximate surface area is 109 Å². The molecule has 0 aliphatic heterocycles. The Morgan fingerprint density at radius 2 is 1.94 bits per heavy atom. The van der Waals surface area contributed by atoms with Crippen LogP contribution < -0.4 is 15.4 Å². The fourth-order valence-corrected chi connectivity index (χ4v) is 2.24. The second-order valence-corrected chi connectivity index (χ2v) is 4.79. The lowest BCUT2D eigenvalue weighted by molar-refractivity contribution is 0.189. The summed E-state index contributed by atoms with van der Waals surface area (Å²) in [5.41, 5.74) is 9.96. The SMILES string of the molecule is COc1c(C)c(C)cc(C)c1N(C)CC(O)CN. The Morgan fingerprint density at radius 3 is 2.44 bits per heavy atom. The van der Waals surface area contributed by atoms with Crippen LogP contribution in [0.1, 0.15) is 16.7 Å². The Morgan fingerprint density at radius 1 is 1.33 bits per heavy atom. The van der Waals surface area contributed by atoms with E-state index in [1.54, 1.807) is 7.11 Å². The molecule has 0 heterocycles. The first-order valence-corrected chi connectivity index (χ1v) is 6.16. The van der Waals surface area contributed by atoms with Crippen LogP contribution in [0.15, 0.2) is 6.07 Å². The zero-order valence-corrected chi connectivity index (χ0v) is 11.9. The highest BCUT2D eigenvalue weighted by molar-refractivity contribution is 5.67. The molecular formula is C14H24N2O2. The summed E-state index contributed by atoms with van der Waals surface area (Å²) in [6, 6.07) is 2.14. The van der Waals surface area contributed by atoms with Gasteiger partial charge in [-0.1, -0.05) is 6.07 Å². The van der Waals surface area contributed by atoms with E-state index in [2.05, 4.69) is 19.9 Å². The molecule has 0 bridgehead atoms. The maximum atomic E-state index is 9.66. The Bertz CT molecular complexity index is 419. The molecule has 0 fully saturated rings. The van der Waals surface area contributed by atoms with Crippen molar-refractivity contribution in [3.63, 3.8) is 0 Å². The summed E-state index contributed by atoms with van der Waals surface area (Å²) >= 11 is 0. The zero-order valence-electron chi connectivity index (χ0n) is 11.9. The number of hydrogen-bond acceptors (Lipinski definition) is 4. The van der Waals surface area contributed by atoms with Crippen LogP contribution in [0.2, 0.25) is 0 Å². The van der Waals surface area contributed by atoms with Gasteiger partial charge < -0.3 is 20.5 Å². The molecule has 0 aliphatic rings. The molecule has 18 heavy (non-hydrogen) atoms. The van der Waals surface area contributed by atoms with E-state index in [1.807, 2.05) is 18.9 Å². The van der Waals surface area contributed by atoms with Crippen LogP contribution in [0, 0.1) is 20.8 Å². The second kappa shape index (κ2) is 6.07. The summed E-state index contributed by atoms with van der Waals surface area (Å²) < 4.78 is 5.52. The number of rotatable bonds is 5. The van der Waals surface area contributed by atoms with Crippen molar-refractivity contribution in [3.8, 4) is 5.75 Å². The van der Waals surface area contributed by atoms with E-state index in [4.69, 9.17) is 10.5 Å². The summed E-state index contributed by atoms with van der Waals surface area (Å²) in [6.07, 6.45) is -0.527. The van der Waals surface area contributed by atoms with Gasteiger partial charge in [-0.2, -0.15) is 0 Å². The summed E-state index contributed by atoms with van der Waals surface area (Å²) in [5.74, 6) is 0.874. The molecule has 0 saturated carbocycles. The minimum Gasteiger partial charge on any atom is -0.494 e. The fraction of sp³-hybridized carbons (Fsp3) is 0.571. The first-order chi connectivity index (χ1) is 8.42. The van der Waals surface area contributed by atoms with Crippen molar-refractivity contribution in [3.05, 3.63) is 22.8 Å². The van der Waals surface area contributed by atoms with E-state index in [1.165, 1.54) is 5.56 Å². The van der Waals surface area contributed by atoms with Gasteiger partial charge in [-0.05, 0) is 37.5 Å². The average molecular weight is 252 g/mol. The van der Waals surface area contributed by atoms with Gasteiger partial charge in [0.05, 0.1) is 18.9 Å². The Kier molecular flexibility index (Phi) is 4.99. The van der Waals surface area contributed by atoms with Crippen molar-refractivity contribution in [2.24, 2.45) is 5.73 Å². The predicted molar refractivity (Wildman–Crippen MR) is 75.5 cm³/mol. The van der Waals surface area contributed by atoms with Crippen molar-refractivity contribution in [1.82, 2.24) is 0 Å². The predicted octanol–water partition coefficient (Wildman–Crippen LogP) is 1.38. The van der Waals surface area contributed by atoms with Gasteiger partial charge in [-0.25, -0.2) is 0 Å². The molecule has 1 aromatic carbocycles. The van der Waals surface area contributed by atoms with E-state index in [0.717, 1.165) is 22.6 Å². The lowest BCUT2D eigenvalue weighted by atomic mass is 10.0. The first-order valence-electron chi connectivity index (χ1n) is 6.16. The lowest BCUT2D eigenvalue weighted by Gasteiger charge is -2.27. The largest absolute Gasteiger partial charge is 0.494 e. The first kappa shape index (κ1) is 14.8. The minimum atomic E-state index is -0.527. The molecule has 0 radical (unpaired) electrons. The molecule has 4 heteroatoms. The van der Waals surface area contributed by atoms with Gasteiger partial charge in [0.2, 0.25) is 0 Å². The van der Waals surface area contributed by atoms with Gasteiger partial charge >= 0.3 is 0 Å². The van der Waals surface area contributed by atoms with Crippen LogP contribution in [0.4, 0.5) is 5.69 Å². The Hall–Kier alpha value is -1.26. The van der Waals surface area contributed by atoms with Gasteiger partial charge in [0, 0.05) is 20.1 Å². The molecule has 4 nitrogen and oxygen atoms in total. The number of ether oxygens (including phenoxy) is 1. The minimum absolute atomic E-state index is 0.260. The Balaban J connectivity index is 3.18. The smallest absolute Gasteiger partial charge is 0.145 e. The number of nitrogens with zero attached hydrogens (tertiary/aromatic N) is 1. The standard InChI is InChI=1S/C14H24N2O2/c1-9-6-10(2)13(14(18-5)11(9)3)16(4)8-12(17)7-15/h6,12,17H,7-8,15H2,1-5H3. The highest BCUT2D eigenvalue weighted by atomic mass is 16.5. The summed E-state index contributed by atoms with van der Waals surface area (Å²) in [6.45, 7) is 6.93. The number of nitrogens with two attached hydrogens (primary N) is 1. The van der Waals surface area contributed by atoms with E-state index in [0.29, 0.717) is 6.54 Å². The van der Waals surface area contributed by atoms with Crippen molar-refractivity contribution in [1.29, 1.82) is 0 Å². The number of benzene rings is 1. The van der Waals surface area contributed by atoms with Crippen molar-refractivity contribution >= 4 is 5.69 Å². The van der Waals surface area contributed by atoms with Crippen LogP contribution in [0.5, 0.6) is 5.75 Å². The normalized spacial score (nSPS) is 12.4. The van der Waals surface area contributed by atoms with Crippen molar-refractivity contribution in [2.45, 2.75) is 26.9 Å². The summed E-state index contributed by atoms with van der Waals surface area (Å²) in [7, 11) is 3.62. The lowest BCUT2D eigenvalue weighted by Crippen LogP contribution is -2.34. The molecule has 102 valence electrons. The average Bonchev–Trinajstić information content (AvgIpc) is 2.32. The van der Waals surface area contributed by atoms with Crippen molar-refractivity contribution in [2.75, 3.05) is 32.1 Å². The molecule has 1 aromatic rings. The van der Waals surface area contributed by atoms with E-state index >= 15 is 0 Å². The van der Waals surface area contributed by atoms with Crippen LogP contribution in [-0.4, -0.2) is 38.5 Å². The molecule has 1 rings (SSSR count). The third kappa shape index (κ3) is 2.94. The van der Waals surface area contributed by atoms with Gasteiger partial charge in [0.1, 0.15) is 5.75 Å². The van der Waals surface area contributed by atoms with Crippen LogP contribution in [0.25, 0.3) is 0 Å². The topological polar surface area (TPSA) is 58.7 Å². The number of aliphatic hydroxyl groups excluding tert-OH is 1. The maximum absolute atomic E-state index is 9.66. The van der Waals surface area contributed by atoms with Crippen LogP contribution >= 0.6 is 0 Å². The number of likely N-dealkylation sites (N-methyl/N-ethyl adjacent to an activating group) is 1. The number of aliphatic hydroxyl groups is 1. The van der Waals surface area contributed by atoms with E-state index in [9.17, 15) is 5.11 Å². The molecule has 1 atom stereocenters. The second-order valence-electron chi connectivity index (χ2n) is 4.79. The number of methoxy groups -OCH3 is 1. The highest BCUT2D eigenvalue weighted by Gasteiger charge is 2.17. The third-order valence-electron chi connectivity index (χ3n) is 3.30. The maximum Gasteiger partial charge on any atom is 0.145 e. The van der Waals surface area contributed by atoms with Crippen LogP contribution in [0.3, 0.4) is 0 Å². The monoisotopic (exact) mass is 252 g/mol. The molecule has 0 amide bonds. The van der Waals surface area contributed by atoms with Crippen molar-refractivity contribution < 1.29 is 9.84 Å². The summed E-state index contributed by atoms with van der Waals surface area (Å²) in [4.78, 5) is 2.00. The molecule has 0 spiro atoms. The van der Waals surface area contributed by atoms with Crippen LogP contribution in [-0.2, 0) is 0 Å².